The van der Waals surface area contributed by atoms with Crippen molar-refractivity contribution in [3.05, 3.63) is 46.1 Å². The van der Waals surface area contributed by atoms with E-state index in [0.717, 1.165) is 5.69 Å². The summed E-state index contributed by atoms with van der Waals surface area (Å²) >= 11 is 0. The average molecular weight is 232 g/mol. The third-order valence-corrected chi connectivity index (χ3v) is 2.41. The number of nitrogens with one attached hydrogen (secondary N) is 1. The van der Waals surface area contributed by atoms with E-state index in [2.05, 4.69) is 10.4 Å². The lowest BCUT2D eigenvalue weighted by Gasteiger charge is -2.05. The number of hydrogen-bond donors (Lipinski definition) is 1. The first-order valence-corrected chi connectivity index (χ1v) is 5.09. The van der Waals surface area contributed by atoms with Crippen LogP contribution in [0.2, 0.25) is 0 Å². The molecule has 1 aromatic heterocycles. The van der Waals surface area contributed by atoms with Crippen LogP contribution in [0.4, 0.5) is 17.2 Å². The van der Waals surface area contributed by atoms with Crippen molar-refractivity contribution in [3.63, 3.8) is 0 Å². The van der Waals surface area contributed by atoms with Gasteiger partial charge in [0.1, 0.15) is 5.69 Å². The summed E-state index contributed by atoms with van der Waals surface area (Å²) in [6.45, 7) is 1.62. The van der Waals surface area contributed by atoms with Gasteiger partial charge in [-0.3, -0.25) is 10.1 Å². The van der Waals surface area contributed by atoms with Crippen LogP contribution in [0.15, 0.2) is 30.3 Å². The van der Waals surface area contributed by atoms with Gasteiger partial charge in [-0.05, 0) is 19.1 Å². The Kier molecular flexibility index (Phi) is 2.78. The SMILES string of the molecule is Cc1nn(C)c(Nc2ccccc2)c1[N+](=O)[O-]. The zero-order valence-corrected chi connectivity index (χ0v) is 9.54. The first-order chi connectivity index (χ1) is 8.09. The third kappa shape index (κ3) is 2.10. The van der Waals surface area contributed by atoms with Crippen molar-refractivity contribution in [2.45, 2.75) is 6.92 Å². The minimum Gasteiger partial charge on any atom is -0.335 e. The average Bonchev–Trinajstić information content (AvgIpc) is 2.55. The monoisotopic (exact) mass is 232 g/mol. The van der Waals surface area contributed by atoms with Gasteiger partial charge in [0, 0.05) is 12.7 Å². The Morgan fingerprint density at radius 1 is 1.35 bits per heavy atom. The molecule has 1 aromatic carbocycles. The number of benzene rings is 1. The van der Waals surface area contributed by atoms with E-state index in [1.54, 1.807) is 14.0 Å². The quantitative estimate of drug-likeness (QED) is 0.651. The topological polar surface area (TPSA) is 73.0 Å². The Morgan fingerprint density at radius 3 is 2.59 bits per heavy atom. The molecule has 0 amide bonds. The van der Waals surface area contributed by atoms with Crippen LogP contribution < -0.4 is 5.32 Å². The molecule has 0 aliphatic carbocycles. The minimum absolute atomic E-state index is 0.0105. The fraction of sp³-hybridized carbons (Fsp3) is 0.182. The third-order valence-electron chi connectivity index (χ3n) is 2.41. The Labute approximate surface area is 98.0 Å². The number of rotatable bonds is 3. The van der Waals surface area contributed by atoms with Crippen molar-refractivity contribution in [3.8, 4) is 0 Å². The molecule has 0 fully saturated rings. The van der Waals surface area contributed by atoms with Crippen LogP contribution in [0.5, 0.6) is 0 Å². The van der Waals surface area contributed by atoms with E-state index in [1.807, 2.05) is 30.3 Å². The van der Waals surface area contributed by atoms with Crippen LogP contribution in [0, 0.1) is 17.0 Å². The van der Waals surface area contributed by atoms with Crippen molar-refractivity contribution in [2.75, 3.05) is 5.32 Å². The van der Waals surface area contributed by atoms with Crippen LogP contribution in [0.25, 0.3) is 0 Å². The van der Waals surface area contributed by atoms with Gasteiger partial charge in [-0.25, -0.2) is 4.68 Å². The van der Waals surface area contributed by atoms with Crippen molar-refractivity contribution in [1.82, 2.24) is 9.78 Å². The molecule has 0 spiro atoms. The number of hydrogen-bond acceptors (Lipinski definition) is 4. The smallest absolute Gasteiger partial charge is 0.334 e. The van der Waals surface area contributed by atoms with Crippen LogP contribution in [-0.2, 0) is 7.05 Å². The molecule has 6 nitrogen and oxygen atoms in total. The lowest BCUT2D eigenvalue weighted by atomic mass is 10.3. The standard InChI is InChI=1S/C11H12N4O2/c1-8-10(15(16)17)11(14(2)13-8)12-9-6-4-3-5-7-9/h3-7,12H,1-2H3. The van der Waals surface area contributed by atoms with Crippen molar-refractivity contribution in [2.24, 2.45) is 7.05 Å². The summed E-state index contributed by atoms with van der Waals surface area (Å²) < 4.78 is 1.47. The molecule has 2 rings (SSSR count). The number of aryl methyl sites for hydroxylation is 2. The molecule has 17 heavy (non-hydrogen) atoms. The number of para-hydroxylation sites is 1. The highest BCUT2D eigenvalue weighted by Crippen LogP contribution is 2.29. The van der Waals surface area contributed by atoms with Gasteiger partial charge in [0.2, 0.25) is 5.82 Å². The highest BCUT2D eigenvalue weighted by Gasteiger charge is 2.23. The van der Waals surface area contributed by atoms with E-state index >= 15 is 0 Å². The van der Waals surface area contributed by atoms with Crippen molar-refractivity contribution < 1.29 is 4.92 Å². The van der Waals surface area contributed by atoms with Gasteiger partial charge in [-0.15, -0.1) is 0 Å². The molecular weight excluding hydrogens is 220 g/mol. The summed E-state index contributed by atoms with van der Waals surface area (Å²) in [5.74, 6) is 0.388. The minimum atomic E-state index is -0.423. The number of aromatic nitrogens is 2. The van der Waals surface area contributed by atoms with Crippen LogP contribution in [-0.4, -0.2) is 14.7 Å². The first-order valence-electron chi connectivity index (χ1n) is 5.09. The Morgan fingerprint density at radius 2 is 2.00 bits per heavy atom. The number of anilines is 2. The van der Waals surface area contributed by atoms with E-state index in [9.17, 15) is 10.1 Å². The highest BCUT2D eigenvalue weighted by molar-refractivity contribution is 5.67. The van der Waals surface area contributed by atoms with Gasteiger partial charge >= 0.3 is 5.69 Å². The van der Waals surface area contributed by atoms with Crippen molar-refractivity contribution in [1.29, 1.82) is 0 Å². The molecule has 88 valence electrons. The largest absolute Gasteiger partial charge is 0.335 e. The molecule has 0 saturated heterocycles. The second-order valence-electron chi connectivity index (χ2n) is 3.65. The molecule has 2 aromatic rings. The Balaban J connectivity index is 2.42. The van der Waals surface area contributed by atoms with E-state index in [0.29, 0.717) is 11.5 Å². The maximum absolute atomic E-state index is 11.0. The summed E-state index contributed by atoms with van der Waals surface area (Å²) in [6, 6.07) is 9.28. The van der Waals surface area contributed by atoms with E-state index in [4.69, 9.17) is 0 Å². The summed E-state index contributed by atoms with van der Waals surface area (Å²) in [7, 11) is 1.67. The summed E-state index contributed by atoms with van der Waals surface area (Å²) in [5.41, 5.74) is 1.20. The molecule has 1 N–H and O–H groups in total. The zero-order chi connectivity index (χ0) is 12.4. The molecular formula is C11H12N4O2. The van der Waals surface area contributed by atoms with Gasteiger partial charge < -0.3 is 5.32 Å². The van der Waals surface area contributed by atoms with Gasteiger partial charge in [0.15, 0.2) is 0 Å². The molecule has 1 heterocycles. The van der Waals surface area contributed by atoms with E-state index in [1.165, 1.54) is 4.68 Å². The zero-order valence-electron chi connectivity index (χ0n) is 9.54. The lowest BCUT2D eigenvalue weighted by molar-refractivity contribution is -0.384. The Hall–Kier alpha value is -2.37. The van der Waals surface area contributed by atoms with Gasteiger partial charge in [-0.2, -0.15) is 5.10 Å². The van der Waals surface area contributed by atoms with Gasteiger partial charge in [-0.1, -0.05) is 18.2 Å². The predicted octanol–water partition coefficient (Wildman–Crippen LogP) is 2.38. The molecule has 0 atom stereocenters. The predicted molar refractivity (Wildman–Crippen MR) is 64.3 cm³/mol. The fourth-order valence-electron chi connectivity index (χ4n) is 1.66. The maximum Gasteiger partial charge on any atom is 0.334 e. The molecule has 6 heteroatoms. The maximum atomic E-state index is 11.0. The molecule has 0 aliphatic rings. The fourth-order valence-corrected chi connectivity index (χ4v) is 1.66. The van der Waals surface area contributed by atoms with Crippen LogP contribution in [0.3, 0.4) is 0 Å². The van der Waals surface area contributed by atoms with Crippen LogP contribution >= 0.6 is 0 Å². The van der Waals surface area contributed by atoms with E-state index < -0.39 is 4.92 Å². The number of nitro groups is 1. The number of nitrogens with zero attached hydrogens (tertiary/aromatic N) is 3. The van der Waals surface area contributed by atoms with Gasteiger partial charge in [0.05, 0.1) is 4.92 Å². The first kappa shape index (κ1) is 11.1. The Bertz CT molecular complexity index is 548. The van der Waals surface area contributed by atoms with Gasteiger partial charge in [0.25, 0.3) is 0 Å². The lowest BCUT2D eigenvalue weighted by Crippen LogP contribution is -2.01. The van der Waals surface area contributed by atoms with E-state index in [-0.39, 0.29) is 5.69 Å². The molecule has 0 saturated carbocycles. The normalized spacial score (nSPS) is 10.2. The van der Waals surface area contributed by atoms with Crippen LogP contribution in [0.1, 0.15) is 5.69 Å². The van der Waals surface area contributed by atoms with Crippen molar-refractivity contribution >= 4 is 17.2 Å². The molecule has 0 unspecified atom stereocenters. The second-order valence-corrected chi connectivity index (χ2v) is 3.65. The summed E-state index contributed by atoms with van der Waals surface area (Å²) in [4.78, 5) is 10.5. The molecule has 0 radical (unpaired) electrons. The molecule has 0 bridgehead atoms. The summed E-state index contributed by atoms with van der Waals surface area (Å²) in [5, 5.41) is 18.0. The highest BCUT2D eigenvalue weighted by atomic mass is 16.6. The summed E-state index contributed by atoms with van der Waals surface area (Å²) in [6.07, 6.45) is 0. The molecule has 0 aliphatic heterocycles. The second kappa shape index (κ2) is 4.25.